The standard InChI is InChI=1S/C16H18O4/c1-18-14-7-8-16(13(9-14)10-17)20-11-12-5-3-4-6-15(12)19-2/h3-9,17H,10-11H2,1-2H3. The van der Waals surface area contributed by atoms with Crippen LogP contribution in [-0.2, 0) is 13.2 Å². The van der Waals surface area contributed by atoms with Crippen LogP contribution in [0.5, 0.6) is 17.2 Å². The van der Waals surface area contributed by atoms with Gasteiger partial charge in [-0.15, -0.1) is 0 Å². The minimum Gasteiger partial charge on any atom is -0.497 e. The van der Waals surface area contributed by atoms with Crippen LogP contribution in [-0.4, -0.2) is 19.3 Å². The summed E-state index contributed by atoms with van der Waals surface area (Å²) in [4.78, 5) is 0. The van der Waals surface area contributed by atoms with Gasteiger partial charge in [0, 0.05) is 11.1 Å². The van der Waals surface area contributed by atoms with E-state index in [1.54, 1.807) is 32.4 Å². The third kappa shape index (κ3) is 3.22. The molecule has 2 aromatic carbocycles. The SMILES string of the molecule is COc1ccc(OCc2ccccc2OC)c(CO)c1. The van der Waals surface area contributed by atoms with Crippen LogP contribution >= 0.6 is 0 Å². The molecule has 0 saturated heterocycles. The Morgan fingerprint density at radius 3 is 2.40 bits per heavy atom. The molecule has 0 aliphatic carbocycles. The molecule has 0 atom stereocenters. The van der Waals surface area contributed by atoms with Crippen LogP contribution in [0.15, 0.2) is 42.5 Å². The van der Waals surface area contributed by atoms with E-state index in [2.05, 4.69) is 0 Å². The van der Waals surface area contributed by atoms with Crippen molar-refractivity contribution < 1.29 is 19.3 Å². The topological polar surface area (TPSA) is 47.9 Å². The van der Waals surface area contributed by atoms with Crippen molar-refractivity contribution in [3.8, 4) is 17.2 Å². The van der Waals surface area contributed by atoms with E-state index in [4.69, 9.17) is 14.2 Å². The van der Waals surface area contributed by atoms with Crippen LogP contribution in [0.2, 0.25) is 0 Å². The predicted molar refractivity (Wildman–Crippen MR) is 76.2 cm³/mol. The molecule has 0 aliphatic heterocycles. The number of methoxy groups -OCH3 is 2. The van der Waals surface area contributed by atoms with E-state index >= 15 is 0 Å². The number of ether oxygens (including phenoxy) is 3. The number of rotatable bonds is 6. The van der Waals surface area contributed by atoms with Crippen LogP contribution in [0, 0.1) is 0 Å². The zero-order chi connectivity index (χ0) is 14.4. The van der Waals surface area contributed by atoms with Gasteiger partial charge >= 0.3 is 0 Å². The number of benzene rings is 2. The summed E-state index contributed by atoms with van der Waals surface area (Å²) in [6.45, 7) is 0.280. The third-order valence-electron chi connectivity index (χ3n) is 3.01. The third-order valence-corrected chi connectivity index (χ3v) is 3.01. The lowest BCUT2D eigenvalue weighted by Crippen LogP contribution is -2.01. The summed E-state index contributed by atoms with van der Waals surface area (Å²) in [7, 11) is 3.22. The highest BCUT2D eigenvalue weighted by Crippen LogP contribution is 2.26. The highest BCUT2D eigenvalue weighted by molar-refractivity contribution is 5.40. The summed E-state index contributed by atoms with van der Waals surface area (Å²) < 4.78 is 16.2. The summed E-state index contributed by atoms with van der Waals surface area (Å²) in [5.41, 5.74) is 1.65. The van der Waals surface area contributed by atoms with Crippen molar-refractivity contribution in [2.45, 2.75) is 13.2 Å². The Bertz CT molecular complexity index is 566. The molecule has 0 fully saturated rings. The molecule has 2 rings (SSSR count). The van der Waals surface area contributed by atoms with E-state index < -0.39 is 0 Å². The van der Waals surface area contributed by atoms with Gasteiger partial charge in [0.15, 0.2) is 0 Å². The minimum atomic E-state index is -0.0988. The normalized spacial score (nSPS) is 10.2. The van der Waals surface area contributed by atoms with Gasteiger partial charge in [-0.3, -0.25) is 0 Å². The van der Waals surface area contributed by atoms with Crippen molar-refractivity contribution >= 4 is 0 Å². The van der Waals surface area contributed by atoms with Crippen LogP contribution in [0.25, 0.3) is 0 Å². The summed E-state index contributed by atoms with van der Waals surface area (Å²) >= 11 is 0. The fourth-order valence-electron chi connectivity index (χ4n) is 1.92. The Hall–Kier alpha value is -2.20. The summed E-state index contributed by atoms with van der Waals surface area (Å²) in [6, 6.07) is 13.0. The maximum atomic E-state index is 9.38. The van der Waals surface area contributed by atoms with E-state index in [1.165, 1.54) is 0 Å². The van der Waals surface area contributed by atoms with Gasteiger partial charge in [0.25, 0.3) is 0 Å². The molecule has 0 amide bonds. The van der Waals surface area contributed by atoms with Crippen molar-refractivity contribution in [2.24, 2.45) is 0 Å². The second kappa shape index (κ2) is 6.82. The van der Waals surface area contributed by atoms with Gasteiger partial charge in [-0.25, -0.2) is 0 Å². The average Bonchev–Trinajstić information content (AvgIpc) is 2.52. The fraction of sp³-hybridized carbons (Fsp3) is 0.250. The molecule has 20 heavy (non-hydrogen) atoms. The van der Waals surface area contributed by atoms with Gasteiger partial charge in [0.2, 0.25) is 0 Å². The van der Waals surface area contributed by atoms with Crippen molar-refractivity contribution in [3.63, 3.8) is 0 Å². The van der Waals surface area contributed by atoms with E-state index in [0.717, 1.165) is 11.3 Å². The quantitative estimate of drug-likeness (QED) is 0.880. The second-order valence-electron chi connectivity index (χ2n) is 4.23. The lowest BCUT2D eigenvalue weighted by Gasteiger charge is -2.13. The lowest BCUT2D eigenvalue weighted by atomic mass is 10.2. The molecular weight excluding hydrogens is 256 g/mol. The fourth-order valence-corrected chi connectivity index (χ4v) is 1.92. The van der Waals surface area contributed by atoms with Crippen molar-refractivity contribution in [1.29, 1.82) is 0 Å². The maximum Gasteiger partial charge on any atom is 0.125 e. The molecule has 0 spiro atoms. The minimum absolute atomic E-state index is 0.0988. The Morgan fingerprint density at radius 1 is 0.900 bits per heavy atom. The van der Waals surface area contributed by atoms with Crippen LogP contribution in [0.4, 0.5) is 0 Å². The summed E-state index contributed by atoms with van der Waals surface area (Å²) in [5, 5.41) is 9.38. The molecule has 106 valence electrons. The first-order valence-corrected chi connectivity index (χ1v) is 6.31. The number of hydrogen-bond donors (Lipinski definition) is 1. The number of aliphatic hydroxyl groups excluding tert-OH is 1. The van der Waals surface area contributed by atoms with Crippen molar-refractivity contribution in [2.75, 3.05) is 14.2 Å². The first-order chi connectivity index (χ1) is 9.78. The Labute approximate surface area is 118 Å². The zero-order valence-electron chi connectivity index (χ0n) is 11.6. The molecule has 4 nitrogen and oxygen atoms in total. The maximum absolute atomic E-state index is 9.38. The Balaban J connectivity index is 2.14. The van der Waals surface area contributed by atoms with Crippen molar-refractivity contribution in [1.82, 2.24) is 0 Å². The lowest BCUT2D eigenvalue weighted by molar-refractivity contribution is 0.256. The van der Waals surface area contributed by atoms with E-state index in [9.17, 15) is 5.11 Å². The zero-order valence-corrected chi connectivity index (χ0v) is 11.6. The van der Waals surface area contributed by atoms with E-state index in [-0.39, 0.29) is 6.61 Å². The molecule has 4 heteroatoms. The highest BCUT2D eigenvalue weighted by atomic mass is 16.5. The molecule has 0 radical (unpaired) electrons. The van der Waals surface area contributed by atoms with Gasteiger partial charge in [0.05, 0.1) is 20.8 Å². The molecule has 0 heterocycles. The first kappa shape index (κ1) is 14.2. The van der Waals surface area contributed by atoms with Crippen LogP contribution < -0.4 is 14.2 Å². The predicted octanol–water partition coefficient (Wildman–Crippen LogP) is 2.78. The molecule has 0 aromatic heterocycles. The molecule has 0 bridgehead atoms. The van der Waals surface area contributed by atoms with E-state index in [0.29, 0.717) is 23.7 Å². The van der Waals surface area contributed by atoms with Gasteiger partial charge in [-0.2, -0.15) is 0 Å². The molecule has 0 aliphatic rings. The van der Waals surface area contributed by atoms with E-state index in [1.807, 2.05) is 24.3 Å². The summed E-state index contributed by atoms with van der Waals surface area (Å²) in [5.74, 6) is 2.12. The Morgan fingerprint density at radius 2 is 1.70 bits per heavy atom. The second-order valence-corrected chi connectivity index (χ2v) is 4.23. The van der Waals surface area contributed by atoms with Gasteiger partial charge < -0.3 is 19.3 Å². The number of aliphatic hydroxyl groups is 1. The number of para-hydroxylation sites is 1. The molecule has 1 N–H and O–H groups in total. The molecular formula is C16H18O4. The molecule has 0 unspecified atom stereocenters. The van der Waals surface area contributed by atoms with Crippen LogP contribution in [0.3, 0.4) is 0 Å². The number of hydrogen-bond acceptors (Lipinski definition) is 4. The smallest absolute Gasteiger partial charge is 0.125 e. The van der Waals surface area contributed by atoms with Crippen molar-refractivity contribution in [3.05, 3.63) is 53.6 Å². The highest BCUT2D eigenvalue weighted by Gasteiger charge is 2.07. The largest absolute Gasteiger partial charge is 0.497 e. The average molecular weight is 274 g/mol. The molecule has 0 saturated carbocycles. The Kier molecular flexibility index (Phi) is 4.85. The first-order valence-electron chi connectivity index (χ1n) is 6.31. The van der Waals surface area contributed by atoms with Gasteiger partial charge in [-0.05, 0) is 24.3 Å². The molecule has 2 aromatic rings. The van der Waals surface area contributed by atoms with Gasteiger partial charge in [-0.1, -0.05) is 18.2 Å². The summed E-state index contributed by atoms with van der Waals surface area (Å²) in [6.07, 6.45) is 0. The van der Waals surface area contributed by atoms with Crippen LogP contribution in [0.1, 0.15) is 11.1 Å². The van der Waals surface area contributed by atoms with Gasteiger partial charge in [0.1, 0.15) is 23.9 Å². The monoisotopic (exact) mass is 274 g/mol.